The van der Waals surface area contributed by atoms with Crippen molar-refractivity contribution in [3.63, 3.8) is 0 Å². The van der Waals surface area contributed by atoms with Crippen LogP contribution in [-0.4, -0.2) is 33.9 Å². The average molecular weight is 619 g/mol. The van der Waals surface area contributed by atoms with Crippen LogP contribution in [0.1, 0.15) is 127 Å². The molecule has 5 unspecified atom stereocenters. The number of carbonyl (C=O) groups excluding carboxylic acids is 2. The number of aliphatic hydroxyl groups is 1. The molecule has 5 atom stereocenters. The summed E-state index contributed by atoms with van der Waals surface area (Å²) < 4.78 is 0. The highest BCUT2D eigenvalue weighted by molar-refractivity contribution is 5.84. The van der Waals surface area contributed by atoms with Crippen LogP contribution >= 0.6 is 0 Å². The van der Waals surface area contributed by atoms with Gasteiger partial charge in [-0.3, -0.25) is 14.4 Å². The first-order chi connectivity index (χ1) is 21.9. The Morgan fingerprint density at radius 3 is 1.84 bits per heavy atom. The first-order valence-corrected chi connectivity index (χ1v) is 17.9. The summed E-state index contributed by atoms with van der Waals surface area (Å²) in [6.45, 7) is 2.25. The summed E-state index contributed by atoms with van der Waals surface area (Å²) in [7, 11) is 0. The number of carbonyl (C=O) groups is 3. The van der Waals surface area contributed by atoms with Crippen LogP contribution in [0.4, 0.5) is 0 Å². The van der Waals surface area contributed by atoms with Crippen molar-refractivity contribution in [2.24, 2.45) is 23.7 Å². The number of benzene rings is 2. The minimum Gasteiger partial charge on any atom is -0.481 e. The number of hydrogen-bond acceptors (Lipinski definition) is 4. The van der Waals surface area contributed by atoms with Crippen molar-refractivity contribution in [1.82, 2.24) is 0 Å². The zero-order valence-corrected chi connectivity index (χ0v) is 27.7. The van der Waals surface area contributed by atoms with Gasteiger partial charge in [0.05, 0.1) is 6.10 Å². The highest BCUT2D eigenvalue weighted by Crippen LogP contribution is 2.37. The SMILES string of the molecule is CCCCCCCC1C(=O)CCC1CCc1ccccc1.O=C(O)CCCCCCC1C(=O)CC(O)C1CCc1ccccc1. The van der Waals surface area contributed by atoms with E-state index in [9.17, 15) is 19.5 Å². The predicted octanol–water partition coefficient (Wildman–Crippen LogP) is 9.19. The molecule has 0 radical (unpaired) electrons. The summed E-state index contributed by atoms with van der Waals surface area (Å²) in [5.41, 5.74) is 2.66. The van der Waals surface area contributed by atoms with Crippen molar-refractivity contribution >= 4 is 17.5 Å². The second-order valence-electron chi connectivity index (χ2n) is 13.5. The summed E-state index contributed by atoms with van der Waals surface area (Å²) in [6.07, 6.45) is 18.0. The molecule has 5 nitrogen and oxygen atoms in total. The maximum Gasteiger partial charge on any atom is 0.303 e. The number of aliphatic hydroxyl groups excluding tert-OH is 1. The largest absolute Gasteiger partial charge is 0.481 e. The zero-order chi connectivity index (χ0) is 32.3. The molecule has 0 bridgehead atoms. The van der Waals surface area contributed by atoms with Crippen LogP contribution in [0.5, 0.6) is 0 Å². The fourth-order valence-electron chi connectivity index (χ4n) is 7.44. The molecule has 0 spiro atoms. The van der Waals surface area contributed by atoms with Crippen LogP contribution in [0, 0.1) is 23.7 Å². The molecule has 4 rings (SSSR count). The van der Waals surface area contributed by atoms with Gasteiger partial charge in [-0.05, 0) is 74.3 Å². The van der Waals surface area contributed by atoms with Crippen molar-refractivity contribution in [2.75, 3.05) is 0 Å². The van der Waals surface area contributed by atoms with Gasteiger partial charge in [0.1, 0.15) is 11.6 Å². The van der Waals surface area contributed by atoms with Crippen LogP contribution in [-0.2, 0) is 27.2 Å². The molecular formula is C40H58O5. The molecule has 0 aliphatic heterocycles. The molecule has 2 saturated carbocycles. The number of rotatable bonds is 19. The van der Waals surface area contributed by atoms with E-state index >= 15 is 0 Å². The van der Waals surface area contributed by atoms with Gasteiger partial charge < -0.3 is 10.2 Å². The van der Waals surface area contributed by atoms with Crippen molar-refractivity contribution < 1.29 is 24.6 Å². The summed E-state index contributed by atoms with van der Waals surface area (Å²) in [5.74, 6) is 1.05. The first kappa shape index (κ1) is 36.7. The standard InChI is InChI=1S/C20H28O4.C20H30O/c21-18-14-19(22)17(13-12-15-8-4-3-5-9-15)16(18)10-6-1-2-7-11-20(23)24;1-2-3-4-5-9-12-19-18(15-16-20(19)21)14-13-17-10-7-6-8-11-17/h3-5,8-9,16-17,19,22H,1-2,6-7,10-14H2,(H,23,24);6-8,10-11,18-19H,2-5,9,12-16H2,1H3. The Bertz CT molecular complexity index is 1110. The molecule has 5 heteroatoms. The maximum absolute atomic E-state index is 12.2. The Morgan fingerprint density at radius 1 is 0.689 bits per heavy atom. The van der Waals surface area contributed by atoms with Crippen molar-refractivity contribution in [1.29, 1.82) is 0 Å². The number of aryl methyl sites for hydroxylation is 2. The third-order valence-corrected chi connectivity index (χ3v) is 10.1. The lowest BCUT2D eigenvalue weighted by Gasteiger charge is -2.21. The number of hydrogen-bond donors (Lipinski definition) is 2. The molecule has 0 heterocycles. The lowest BCUT2D eigenvalue weighted by molar-refractivity contribution is -0.137. The third-order valence-electron chi connectivity index (χ3n) is 10.1. The lowest BCUT2D eigenvalue weighted by Crippen LogP contribution is -2.21. The van der Waals surface area contributed by atoms with Gasteiger partial charge in [0.25, 0.3) is 0 Å². The fourth-order valence-corrected chi connectivity index (χ4v) is 7.44. The number of Topliss-reactive ketones (excluding diaryl/α,β-unsaturated/α-hetero) is 2. The second kappa shape index (κ2) is 21.1. The van der Waals surface area contributed by atoms with Gasteiger partial charge in [-0.15, -0.1) is 0 Å². The number of unbranched alkanes of at least 4 members (excludes halogenated alkanes) is 7. The van der Waals surface area contributed by atoms with E-state index in [0.29, 0.717) is 30.5 Å². The van der Waals surface area contributed by atoms with E-state index in [-0.39, 0.29) is 24.0 Å². The van der Waals surface area contributed by atoms with E-state index in [1.165, 1.54) is 49.7 Å². The van der Waals surface area contributed by atoms with Gasteiger partial charge in [0.2, 0.25) is 0 Å². The third kappa shape index (κ3) is 13.6. The second-order valence-corrected chi connectivity index (χ2v) is 13.5. The Kier molecular flexibility index (Phi) is 17.2. The number of carboxylic acid groups (broad SMARTS) is 1. The van der Waals surface area contributed by atoms with E-state index in [1.807, 2.05) is 18.2 Å². The molecule has 2 N–H and O–H groups in total. The van der Waals surface area contributed by atoms with Crippen molar-refractivity contribution in [3.8, 4) is 0 Å². The van der Waals surface area contributed by atoms with Gasteiger partial charge >= 0.3 is 5.97 Å². The molecule has 2 aromatic rings. The van der Waals surface area contributed by atoms with E-state index in [4.69, 9.17) is 5.11 Å². The van der Waals surface area contributed by atoms with E-state index in [1.54, 1.807) is 0 Å². The quantitative estimate of drug-likeness (QED) is 0.153. The molecular weight excluding hydrogens is 560 g/mol. The highest BCUT2D eigenvalue weighted by atomic mass is 16.4. The summed E-state index contributed by atoms with van der Waals surface area (Å²) in [6, 6.07) is 20.9. The topological polar surface area (TPSA) is 91.7 Å². The highest BCUT2D eigenvalue weighted by Gasteiger charge is 2.40. The van der Waals surface area contributed by atoms with Gasteiger partial charge in [-0.1, -0.05) is 119 Å². The average Bonchev–Trinajstić information content (AvgIpc) is 3.53. The molecule has 2 fully saturated rings. The van der Waals surface area contributed by atoms with Crippen molar-refractivity contribution in [3.05, 3.63) is 71.8 Å². The summed E-state index contributed by atoms with van der Waals surface area (Å²) >= 11 is 0. The van der Waals surface area contributed by atoms with E-state index < -0.39 is 12.1 Å². The number of carboxylic acids is 1. The Labute approximate surface area is 272 Å². The van der Waals surface area contributed by atoms with Gasteiger partial charge in [-0.2, -0.15) is 0 Å². The zero-order valence-electron chi connectivity index (χ0n) is 27.7. The Balaban J connectivity index is 0.000000248. The number of ketones is 2. The van der Waals surface area contributed by atoms with E-state index in [0.717, 1.165) is 64.2 Å². The smallest absolute Gasteiger partial charge is 0.303 e. The predicted molar refractivity (Wildman–Crippen MR) is 182 cm³/mol. The van der Waals surface area contributed by atoms with Crippen molar-refractivity contribution in [2.45, 2.75) is 135 Å². The van der Waals surface area contributed by atoms with Crippen LogP contribution in [0.25, 0.3) is 0 Å². The molecule has 0 saturated heterocycles. The Hall–Kier alpha value is -2.79. The molecule has 2 aromatic carbocycles. The van der Waals surface area contributed by atoms with E-state index in [2.05, 4.69) is 49.4 Å². The van der Waals surface area contributed by atoms with Gasteiger partial charge in [0.15, 0.2) is 0 Å². The molecule has 2 aliphatic carbocycles. The van der Waals surface area contributed by atoms with Gasteiger partial charge in [-0.25, -0.2) is 0 Å². The number of aliphatic carboxylic acids is 1. The van der Waals surface area contributed by atoms with Crippen LogP contribution in [0.2, 0.25) is 0 Å². The summed E-state index contributed by atoms with van der Waals surface area (Å²) in [4.78, 5) is 34.8. The lowest BCUT2D eigenvalue weighted by atomic mass is 9.85. The minimum atomic E-state index is -0.745. The van der Waals surface area contributed by atoms with Crippen LogP contribution in [0.3, 0.4) is 0 Å². The van der Waals surface area contributed by atoms with Crippen LogP contribution < -0.4 is 0 Å². The minimum absolute atomic E-state index is 0.0248. The Morgan fingerprint density at radius 2 is 1.24 bits per heavy atom. The van der Waals surface area contributed by atoms with Crippen LogP contribution in [0.15, 0.2) is 60.7 Å². The molecule has 2 aliphatic rings. The molecule has 0 amide bonds. The molecule has 45 heavy (non-hydrogen) atoms. The monoisotopic (exact) mass is 618 g/mol. The van der Waals surface area contributed by atoms with Gasteiger partial charge in [0, 0.05) is 31.1 Å². The first-order valence-electron chi connectivity index (χ1n) is 17.9. The fraction of sp³-hybridized carbons (Fsp3) is 0.625. The maximum atomic E-state index is 12.2. The normalized spacial score (nSPS) is 22.8. The summed E-state index contributed by atoms with van der Waals surface area (Å²) in [5, 5.41) is 18.8. The molecule has 0 aromatic heterocycles. The molecule has 248 valence electrons.